The third-order valence-corrected chi connectivity index (χ3v) is 5.27. The summed E-state index contributed by atoms with van der Waals surface area (Å²) in [5.41, 5.74) is 1.70. The van der Waals surface area contributed by atoms with E-state index in [0.717, 1.165) is 19.0 Å². The second-order valence-electron chi connectivity index (χ2n) is 5.82. The Morgan fingerprint density at radius 2 is 1.80 bits per heavy atom. The van der Waals surface area contributed by atoms with Crippen LogP contribution in [-0.2, 0) is 5.41 Å². The molecule has 0 aromatic heterocycles. The van der Waals surface area contributed by atoms with Crippen LogP contribution in [0.3, 0.4) is 0 Å². The number of nitrogens with one attached hydrogen (secondary N) is 1. The molecule has 142 valence electrons. The zero-order valence-corrected chi connectivity index (χ0v) is 17.8. The second-order valence-corrected chi connectivity index (χ2v) is 6.64. The Labute approximate surface area is 164 Å². The van der Waals surface area contributed by atoms with Gasteiger partial charge in [0, 0.05) is 18.6 Å². The minimum absolute atomic E-state index is 0.250. The summed E-state index contributed by atoms with van der Waals surface area (Å²) >= 11 is 12.1. The molecule has 0 radical (unpaired) electrons. The molecule has 3 rings (SSSR count). The normalized spacial score (nSPS) is 22.6. The van der Waals surface area contributed by atoms with Gasteiger partial charge in [-0.3, -0.25) is 0 Å². The van der Waals surface area contributed by atoms with E-state index in [1.54, 1.807) is 6.92 Å². The minimum atomic E-state index is 0.250. The number of benzene rings is 1. The van der Waals surface area contributed by atoms with Crippen molar-refractivity contribution in [3.63, 3.8) is 0 Å². The Kier molecular flexibility index (Phi) is 13.1. The molecular weight excluding hydrogens is 353 g/mol. The van der Waals surface area contributed by atoms with Crippen LogP contribution in [0.2, 0.25) is 10.0 Å². The summed E-state index contributed by atoms with van der Waals surface area (Å²) in [6, 6.07) is 6.15. The van der Waals surface area contributed by atoms with Crippen molar-refractivity contribution in [1.29, 1.82) is 0 Å². The second kappa shape index (κ2) is 13.5. The van der Waals surface area contributed by atoms with E-state index in [9.17, 15) is 0 Å². The summed E-state index contributed by atoms with van der Waals surface area (Å²) in [4.78, 5) is 0. The molecule has 0 bridgehead atoms. The van der Waals surface area contributed by atoms with E-state index in [4.69, 9.17) is 28.3 Å². The van der Waals surface area contributed by atoms with Crippen LogP contribution in [0.4, 0.5) is 0 Å². The topological polar surface area (TPSA) is 32.3 Å². The van der Waals surface area contributed by atoms with Crippen molar-refractivity contribution in [2.75, 3.05) is 19.7 Å². The minimum Gasteiger partial charge on any atom is -0.397 e. The first-order valence-electron chi connectivity index (χ1n) is 9.16. The van der Waals surface area contributed by atoms with Crippen LogP contribution >= 0.6 is 23.2 Å². The Hall–Kier alpha value is -0.720. The van der Waals surface area contributed by atoms with Gasteiger partial charge in [-0.25, -0.2) is 0 Å². The summed E-state index contributed by atoms with van der Waals surface area (Å²) in [6.07, 6.45) is 3.96. The molecule has 25 heavy (non-hydrogen) atoms. The smallest absolute Gasteiger partial charge is 0.0595 e. The monoisotopic (exact) mass is 385 g/mol. The number of aliphatic hydroxyl groups excluding tert-OH is 1. The van der Waals surface area contributed by atoms with Crippen LogP contribution in [0, 0.1) is 17.8 Å². The molecule has 2 atom stereocenters. The first-order chi connectivity index (χ1) is 12.1. The largest absolute Gasteiger partial charge is 0.397 e. The van der Waals surface area contributed by atoms with Crippen LogP contribution in [0.1, 0.15) is 59.4 Å². The Bertz CT molecular complexity index is 533. The average molecular weight is 386 g/mol. The van der Waals surface area contributed by atoms with E-state index in [-0.39, 0.29) is 6.61 Å². The number of halogens is 2. The molecule has 0 unspecified atom stereocenters. The first kappa shape index (κ1) is 24.3. The van der Waals surface area contributed by atoms with E-state index in [1.165, 1.54) is 24.8 Å². The van der Waals surface area contributed by atoms with E-state index in [1.807, 2.05) is 33.8 Å². The SMILES string of the molecule is CC.CC#CC.CCO.Clc1ccc([C@@]23CCC[C@@H]2CNC3)cc1Cl. The van der Waals surface area contributed by atoms with Gasteiger partial charge in [-0.1, -0.05) is 49.5 Å². The van der Waals surface area contributed by atoms with Crippen LogP contribution in [0.15, 0.2) is 18.2 Å². The zero-order valence-electron chi connectivity index (χ0n) is 16.3. The van der Waals surface area contributed by atoms with Gasteiger partial charge < -0.3 is 10.4 Å². The fraction of sp³-hybridized carbons (Fsp3) is 0.619. The van der Waals surface area contributed by atoms with Gasteiger partial charge in [-0.15, -0.1) is 11.8 Å². The lowest BCUT2D eigenvalue weighted by Gasteiger charge is -2.29. The van der Waals surface area contributed by atoms with Crippen molar-refractivity contribution < 1.29 is 5.11 Å². The summed E-state index contributed by atoms with van der Waals surface area (Å²) < 4.78 is 0. The summed E-state index contributed by atoms with van der Waals surface area (Å²) in [7, 11) is 0. The maximum absolute atomic E-state index is 7.57. The number of hydrogen-bond acceptors (Lipinski definition) is 2. The lowest BCUT2D eigenvalue weighted by Crippen LogP contribution is -2.30. The fourth-order valence-electron chi connectivity index (χ4n) is 3.43. The number of fused-ring (bicyclic) bond motifs is 1. The molecule has 0 spiro atoms. The highest BCUT2D eigenvalue weighted by molar-refractivity contribution is 6.42. The van der Waals surface area contributed by atoms with Crippen molar-refractivity contribution in [3.05, 3.63) is 33.8 Å². The standard InChI is InChI=1S/C13H15Cl2N.C4H6.C2H6O.C2H6/c14-11-4-3-9(6-12(11)15)13-5-1-2-10(13)7-16-8-13;1-3-4-2;1-2-3;1-2/h3-4,6,10,16H,1-2,5,7-8H2;1-2H3;3H,2H2,1H3;1-2H3/t10-,13+;;;/m1.../s1. The van der Waals surface area contributed by atoms with E-state index >= 15 is 0 Å². The molecule has 1 aliphatic heterocycles. The first-order valence-corrected chi connectivity index (χ1v) is 9.91. The third-order valence-electron chi connectivity index (χ3n) is 4.53. The molecule has 1 aromatic rings. The molecule has 2 N–H and O–H groups in total. The molecule has 0 amide bonds. The van der Waals surface area contributed by atoms with Gasteiger partial charge in [0.2, 0.25) is 0 Å². The molecular formula is C21H33Cl2NO. The third kappa shape index (κ3) is 6.83. The van der Waals surface area contributed by atoms with Crippen molar-refractivity contribution >= 4 is 23.2 Å². The van der Waals surface area contributed by atoms with Gasteiger partial charge in [0.05, 0.1) is 10.0 Å². The highest BCUT2D eigenvalue weighted by Gasteiger charge is 2.47. The molecule has 2 aliphatic rings. The van der Waals surface area contributed by atoms with Gasteiger partial charge in [0.1, 0.15) is 0 Å². The number of rotatable bonds is 1. The highest BCUT2D eigenvalue weighted by atomic mass is 35.5. The van der Waals surface area contributed by atoms with Gasteiger partial charge >= 0.3 is 0 Å². The summed E-state index contributed by atoms with van der Waals surface area (Å²) in [5.74, 6) is 6.14. The van der Waals surface area contributed by atoms with Crippen LogP contribution in [0.25, 0.3) is 0 Å². The van der Waals surface area contributed by atoms with Gasteiger partial charge in [0.15, 0.2) is 0 Å². The molecule has 2 nitrogen and oxygen atoms in total. The van der Waals surface area contributed by atoms with Gasteiger partial charge in [-0.2, -0.15) is 0 Å². The predicted octanol–water partition coefficient (Wildman–Crippen LogP) is 5.69. The maximum Gasteiger partial charge on any atom is 0.0595 e. The summed E-state index contributed by atoms with van der Waals surface area (Å²) in [5, 5.41) is 12.4. The number of hydrogen-bond donors (Lipinski definition) is 2. The molecule has 2 fully saturated rings. The van der Waals surface area contributed by atoms with E-state index in [2.05, 4.69) is 29.3 Å². The quantitative estimate of drug-likeness (QED) is 0.608. The van der Waals surface area contributed by atoms with Crippen molar-refractivity contribution in [1.82, 2.24) is 5.32 Å². The zero-order chi connectivity index (χ0) is 19.3. The van der Waals surface area contributed by atoms with E-state index < -0.39 is 0 Å². The van der Waals surface area contributed by atoms with Crippen LogP contribution in [0.5, 0.6) is 0 Å². The Balaban J connectivity index is 0.000000547. The average Bonchev–Trinajstić information content (AvgIpc) is 3.21. The molecule has 1 aliphatic carbocycles. The summed E-state index contributed by atoms with van der Waals surface area (Å²) in [6.45, 7) is 11.8. The Morgan fingerprint density at radius 3 is 2.32 bits per heavy atom. The van der Waals surface area contributed by atoms with Crippen molar-refractivity contribution in [2.45, 2.75) is 59.3 Å². The predicted molar refractivity (Wildman–Crippen MR) is 112 cm³/mol. The number of aliphatic hydroxyl groups is 1. The van der Waals surface area contributed by atoms with E-state index in [0.29, 0.717) is 15.5 Å². The van der Waals surface area contributed by atoms with Crippen LogP contribution in [-0.4, -0.2) is 24.8 Å². The maximum atomic E-state index is 7.57. The molecule has 1 saturated carbocycles. The highest BCUT2D eigenvalue weighted by Crippen LogP contribution is 2.48. The van der Waals surface area contributed by atoms with Gasteiger partial charge in [0.25, 0.3) is 0 Å². The fourth-order valence-corrected chi connectivity index (χ4v) is 3.73. The molecule has 4 heteroatoms. The van der Waals surface area contributed by atoms with Gasteiger partial charge in [-0.05, 0) is 63.8 Å². The Morgan fingerprint density at radius 1 is 1.20 bits per heavy atom. The molecule has 1 heterocycles. The molecule has 1 saturated heterocycles. The van der Waals surface area contributed by atoms with Crippen LogP contribution < -0.4 is 5.32 Å². The van der Waals surface area contributed by atoms with Crippen molar-refractivity contribution in [3.8, 4) is 11.8 Å². The lowest BCUT2D eigenvalue weighted by molar-refractivity contribution is 0.318. The lowest BCUT2D eigenvalue weighted by atomic mass is 9.75. The molecule has 1 aromatic carbocycles. The van der Waals surface area contributed by atoms with Crippen molar-refractivity contribution in [2.24, 2.45) is 5.92 Å².